The number of carbonyl (C=O) groups excluding carboxylic acids is 1. The number of carbonyl (C=O) groups is 1. The summed E-state index contributed by atoms with van der Waals surface area (Å²) in [6.07, 6.45) is 3.07. The normalized spacial score (nSPS) is 25.2. The summed E-state index contributed by atoms with van der Waals surface area (Å²) in [5.41, 5.74) is 6.79. The van der Waals surface area contributed by atoms with Gasteiger partial charge in [-0.15, -0.1) is 12.4 Å². The Balaban J connectivity index is 0.00000225. The molecule has 7 heteroatoms. The number of nitrogens with two attached hydrogens (primary N) is 1. The molecule has 0 bridgehead atoms. The van der Waals surface area contributed by atoms with Crippen molar-refractivity contribution in [1.29, 1.82) is 0 Å². The topological polar surface area (TPSA) is 73.6 Å². The number of amides is 1. The molecule has 5 nitrogen and oxygen atoms in total. The maximum absolute atomic E-state index is 12.5. The summed E-state index contributed by atoms with van der Waals surface area (Å²) >= 11 is 3.55. The van der Waals surface area contributed by atoms with Crippen LogP contribution in [0.3, 0.4) is 0 Å². The summed E-state index contributed by atoms with van der Waals surface area (Å²) in [7, 11) is 0. The lowest BCUT2D eigenvalue weighted by atomic mass is 9.74. The van der Waals surface area contributed by atoms with E-state index in [0.29, 0.717) is 13.1 Å². The van der Waals surface area contributed by atoms with E-state index in [1.807, 2.05) is 12.1 Å². The Morgan fingerprint density at radius 3 is 2.72 bits per heavy atom. The second-order valence-corrected chi connectivity index (χ2v) is 7.60. The smallest absolute Gasteiger partial charge is 0.249 e. The third-order valence-electron chi connectivity index (χ3n) is 5.15. The maximum atomic E-state index is 12.5. The number of nitrogens with one attached hydrogen (secondary N) is 1. The zero-order chi connectivity index (χ0) is 17.0. The van der Waals surface area contributed by atoms with Crippen molar-refractivity contribution in [3.8, 4) is 0 Å². The monoisotopic (exact) mass is 432 g/mol. The van der Waals surface area contributed by atoms with Gasteiger partial charge in [0.15, 0.2) is 0 Å². The van der Waals surface area contributed by atoms with Gasteiger partial charge in [-0.1, -0.05) is 28.1 Å². The molecule has 0 spiro atoms. The summed E-state index contributed by atoms with van der Waals surface area (Å²) in [5, 5.41) is 3.12. The fourth-order valence-electron chi connectivity index (χ4n) is 3.59. The SMILES string of the molecule is Cl.NC[C@H]1CC[C@@H](C(=O)NCC2(c3cccc(Br)c3)CCOCC2)O1. The van der Waals surface area contributed by atoms with Crippen molar-refractivity contribution in [2.75, 3.05) is 26.3 Å². The van der Waals surface area contributed by atoms with Gasteiger partial charge in [0.25, 0.3) is 0 Å². The first kappa shape index (κ1) is 20.6. The predicted octanol–water partition coefficient (Wildman–Crippen LogP) is 2.54. The molecule has 1 aromatic rings. The van der Waals surface area contributed by atoms with Crippen LogP contribution in [0.4, 0.5) is 0 Å². The van der Waals surface area contributed by atoms with E-state index in [2.05, 4.69) is 33.4 Å². The minimum Gasteiger partial charge on any atom is -0.381 e. The summed E-state index contributed by atoms with van der Waals surface area (Å²) in [5.74, 6) is -0.0215. The van der Waals surface area contributed by atoms with Crippen LogP contribution >= 0.6 is 28.3 Å². The molecule has 2 fully saturated rings. The van der Waals surface area contributed by atoms with E-state index in [1.54, 1.807) is 0 Å². The van der Waals surface area contributed by atoms with Crippen molar-refractivity contribution >= 4 is 34.2 Å². The quantitative estimate of drug-likeness (QED) is 0.748. The highest BCUT2D eigenvalue weighted by atomic mass is 79.9. The van der Waals surface area contributed by atoms with Crippen LogP contribution in [0.5, 0.6) is 0 Å². The Hall–Kier alpha value is -0.660. The van der Waals surface area contributed by atoms with Crippen LogP contribution < -0.4 is 11.1 Å². The molecule has 3 N–H and O–H groups in total. The average molecular weight is 434 g/mol. The first-order valence-electron chi connectivity index (χ1n) is 8.60. The lowest BCUT2D eigenvalue weighted by molar-refractivity contribution is -0.132. The van der Waals surface area contributed by atoms with E-state index in [1.165, 1.54) is 5.56 Å². The van der Waals surface area contributed by atoms with Gasteiger partial charge in [0.2, 0.25) is 5.91 Å². The van der Waals surface area contributed by atoms with Gasteiger partial charge in [0, 0.05) is 36.2 Å². The Kier molecular flexibility index (Phi) is 7.70. The van der Waals surface area contributed by atoms with Crippen molar-refractivity contribution < 1.29 is 14.3 Å². The number of benzene rings is 1. The molecular formula is C18H26BrClN2O3. The number of hydrogen-bond donors (Lipinski definition) is 2. The molecule has 1 aromatic carbocycles. The minimum absolute atomic E-state index is 0. The molecule has 1 amide bonds. The van der Waals surface area contributed by atoms with Crippen LogP contribution in [0.25, 0.3) is 0 Å². The minimum atomic E-state index is -0.363. The summed E-state index contributed by atoms with van der Waals surface area (Å²) in [6.45, 7) is 2.52. The molecule has 0 unspecified atom stereocenters. The van der Waals surface area contributed by atoms with Crippen LogP contribution in [0.2, 0.25) is 0 Å². The van der Waals surface area contributed by atoms with Gasteiger partial charge in [0.1, 0.15) is 6.10 Å². The largest absolute Gasteiger partial charge is 0.381 e. The highest BCUT2D eigenvalue weighted by Gasteiger charge is 2.37. The van der Waals surface area contributed by atoms with Gasteiger partial charge >= 0.3 is 0 Å². The molecule has 0 saturated carbocycles. The van der Waals surface area contributed by atoms with Gasteiger partial charge in [-0.25, -0.2) is 0 Å². The molecule has 2 heterocycles. The van der Waals surface area contributed by atoms with Crippen LogP contribution in [0.15, 0.2) is 28.7 Å². The molecule has 25 heavy (non-hydrogen) atoms. The van der Waals surface area contributed by atoms with Crippen molar-refractivity contribution in [1.82, 2.24) is 5.32 Å². The van der Waals surface area contributed by atoms with Gasteiger partial charge in [-0.05, 0) is 43.4 Å². The number of halogens is 2. The first-order chi connectivity index (χ1) is 11.6. The maximum Gasteiger partial charge on any atom is 0.249 e. The predicted molar refractivity (Wildman–Crippen MR) is 103 cm³/mol. The summed E-state index contributed by atoms with van der Waals surface area (Å²) < 4.78 is 12.3. The molecule has 0 aliphatic carbocycles. The highest BCUT2D eigenvalue weighted by molar-refractivity contribution is 9.10. The van der Waals surface area contributed by atoms with E-state index in [4.69, 9.17) is 15.2 Å². The molecule has 2 atom stereocenters. The van der Waals surface area contributed by atoms with E-state index < -0.39 is 0 Å². The lowest BCUT2D eigenvalue weighted by Gasteiger charge is -2.38. The molecule has 2 aliphatic rings. The Labute approximate surface area is 163 Å². The van der Waals surface area contributed by atoms with Gasteiger partial charge in [-0.3, -0.25) is 4.79 Å². The van der Waals surface area contributed by atoms with E-state index in [0.717, 1.165) is 43.4 Å². The lowest BCUT2D eigenvalue weighted by Crippen LogP contribution is -2.47. The van der Waals surface area contributed by atoms with Crippen molar-refractivity contribution in [2.24, 2.45) is 5.73 Å². The second-order valence-electron chi connectivity index (χ2n) is 6.68. The first-order valence-corrected chi connectivity index (χ1v) is 9.39. The fraction of sp³-hybridized carbons (Fsp3) is 0.611. The van der Waals surface area contributed by atoms with Crippen LogP contribution in [-0.4, -0.2) is 44.4 Å². The zero-order valence-corrected chi connectivity index (χ0v) is 16.6. The van der Waals surface area contributed by atoms with E-state index in [-0.39, 0.29) is 35.9 Å². The number of ether oxygens (including phenoxy) is 2. The van der Waals surface area contributed by atoms with Crippen molar-refractivity contribution in [2.45, 2.75) is 43.3 Å². The molecule has 2 saturated heterocycles. The molecule has 0 aromatic heterocycles. The third kappa shape index (κ3) is 4.95. The van der Waals surface area contributed by atoms with Gasteiger partial charge < -0.3 is 20.5 Å². The van der Waals surface area contributed by atoms with Crippen molar-refractivity contribution in [3.05, 3.63) is 34.3 Å². The van der Waals surface area contributed by atoms with E-state index >= 15 is 0 Å². The molecular weight excluding hydrogens is 408 g/mol. The molecule has 3 rings (SSSR count). The number of rotatable bonds is 5. The molecule has 2 aliphatic heterocycles. The number of hydrogen-bond acceptors (Lipinski definition) is 4. The zero-order valence-electron chi connectivity index (χ0n) is 14.2. The summed E-state index contributed by atoms with van der Waals surface area (Å²) in [4.78, 5) is 12.5. The molecule has 0 radical (unpaired) electrons. The van der Waals surface area contributed by atoms with Gasteiger partial charge in [0.05, 0.1) is 6.10 Å². The fourth-order valence-corrected chi connectivity index (χ4v) is 3.99. The van der Waals surface area contributed by atoms with Gasteiger partial charge in [-0.2, -0.15) is 0 Å². The third-order valence-corrected chi connectivity index (χ3v) is 5.64. The molecule has 140 valence electrons. The van der Waals surface area contributed by atoms with Crippen LogP contribution in [0, 0.1) is 0 Å². The Morgan fingerprint density at radius 1 is 1.32 bits per heavy atom. The van der Waals surface area contributed by atoms with Crippen LogP contribution in [-0.2, 0) is 19.7 Å². The van der Waals surface area contributed by atoms with Crippen LogP contribution in [0.1, 0.15) is 31.2 Å². The summed E-state index contributed by atoms with van der Waals surface area (Å²) in [6, 6.07) is 8.35. The Bertz CT molecular complexity index is 581. The van der Waals surface area contributed by atoms with E-state index in [9.17, 15) is 4.79 Å². The second kappa shape index (κ2) is 9.33. The van der Waals surface area contributed by atoms with Crippen molar-refractivity contribution in [3.63, 3.8) is 0 Å². The Morgan fingerprint density at radius 2 is 2.08 bits per heavy atom. The highest BCUT2D eigenvalue weighted by Crippen LogP contribution is 2.35. The standard InChI is InChI=1S/C18H25BrN2O3.ClH/c19-14-3-1-2-13(10-14)18(6-8-23-9-7-18)12-21-17(22)16-5-4-15(11-20)24-16;/h1-3,10,15-16H,4-9,11-12,20H2,(H,21,22);1H/t15-,16+;/m1./s1. The average Bonchev–Trinajstić information content (AvgIpc) is 3.10.